The van der Waals surface area contributed by atoms with Crippen LogP contribution in [0.1, 0.15) is 134 Å². The quantitative estimate of drug-likeness (QED) is 0.0140. The molecule has 0 amide bonds. The van der Waals surface area contributed by atoms with Gasteiger partial charge in [-0.1, -0.05) is 58.5 Å². The summed E-state index contributed by atoms with van der Waals surface area (Å²) in [4.78, 5) is 61.7. The molecule has 6 heterocycles. The fourth-order valence-corrected chi connectivity index (χ4v) is 11.1. The van der Waals surface area contributed by atoms with Crippen LogP contribution < -0.4 is 33.7 Å². The maximum absolute atomic E-state index is 13.7. The number of halogens is 8. The van der Waals surface area contributed by atoms with Crippen LogP contribution in [0.3, 0.4) is 0 Å². The lowest BCUT2D eigenvalue weighted by molar-refractivity contribution is -0.605. The van der Waals surface area contributed by atoms with E-state index in [0.29, 0.717) is 124 Å². The van der Waals surface area contributed by atoms with Gasteiger partial charge in [0, 0.05) is 30.0 Å². The lowest BCUT2D eigenvalue weighted by Gasteiger charge is -2.26. The van der Waals surface area contributed by atoms with Gasteiger partial charge in [0.1, 0.15) is 72.8 Å². The summed E-state index contributed by atoms with van der Waals surface area (Å²) in [6, 6.07) is 10.6. The second-order valence-electron chi connectivity index (χ2n) is 21.7. The molecule has 4 fully saturated rings. The summed E-state index contributed by atoms with van der Waals surface area (Å²) in [5.74, 6) is 0.0959. The number of carbonyl (C=O) groups is 5. The zero-order valence-corrected chi connectivity index (χ0v) is 52.6. The molecule has 2 aromatic carbocycles. The molecule has 2 aliphatic heterocycles. The fraction of sp³-hybridized carbons (Fsp3) is 0.435. The number of rotatable bonds is 25. The van der Waals surface area contributed by atoms with Gasteiger partial charge in [0.15, 0.2) is 59.8 Å². The standard InChI is InChI=1S/C31H32Cl2F2N2O8.C23H24Cl2F2N2O5.C8H8O4/c1-17-21(29(38)41-2)11-20(43-17)13-36-9-3-4-25(36)30(39)44-27(12-22-23(32)14-37(40)15-24(22)33)19-7-8-26(45-31(34)35)28(10-19)42-16-18-5-6-18;24-16-10-29(31)11-17(25)15(16)9-20(33-22(30)18-2-1-7-28-18)14-5-6-19(34-23(26)27)21(8-14)32-12-13-3-4-13;1-5-7(8(10)11-2)3-6(4-9)12-5/h7-8,10-11,14-15,18,25,27,31H,3-6,9,12-13,16H2,1-2H3;5-6,8,10-11,13,18,20,23,28H,1-4,7,9,12H2;3-4H,1-2H3/t25?,27-;18-,20-;/m00./s1. The minimum atomic E-state index is -3.07. The van der Waals surface area contributed by atoms with Crippen molar-refractivity contribution in [2.45, 2.75) is 122 Å². The minimum absolute atomic E-state index is 0.0199. The molecule has 2 saturated carbocycles. The van der Waals surface area contributed by atoms with Crippen molar-refractivity contribution in [2.24, 2.45) is 11.8 Å². The monoisotopic (exact) mass is 1350 g/mol. The maximum atomic E-state index is 13.7. The molecule has 0 bridgehead atoms. The fourth-order valence-electron chi connectivity index (χ4n) is 9.94. The molecule has 2 saturated heterocycles. The van der Waals surface area contributed by atoms with Crippen LogP contribution >= 0.6 is 46.4 Å². The Morgan fingerprint density at radius 2 is 1.12 bits per heavy atom. The lowest BCUT2D eigenvalue weighted by Crippen LogP contribution is -2.37. The van der Waals surface area contributed by atoms with Crippen molar-refractivity contribution in [1.29, 1.82) is 0 Å². The van der Waals surface area contributed by atoms with Crippen LogP contribution in [0.25, 0.3) is 0 Å². The van der Waals surface area contributed by atoms with E-state index >= 15 is 0 Å². The molecule has 0 radical (unpaired) electrons. The van der Waals surface area contributed by atoms with Gasteiger partial charge in [-0.2, -0.15) is 27.0 Å². The van der Waals surface area contributed by atoms with Crippen LogP contribution in [0.5, 0.6) is 23.0 Å². The molecule has 4 atom stereocenters. The number of benzene rings is 2. The van der Waals surface area contributed by atoms with E-state index in [9.17, 15) is 51.9 Å². The molecule has 1 unspecified atom stereocenters. The van der Waals surface area contributed by atoms with E-state index in [1.807, 2.05) is 4.90 Å². The van der Waals surface area contributed by atoms with Crippen molar-refractivity contribution < 1.29 is 97.7 Å². The van der Waals surface area contributed by atoms with E-state index in [4.69, 9.17) is 78.9 Å². The Hall–Kier alpha value is -7.55. The van der Waals surface area contributed by atoms with E-state index in [1.54, 1.807) is 19.9 Å². The lowest BCUT2D eigenvalue weighted by atomic mass is 10.0. The number of furan rings is 2. The highest BCUT2D eigenvalue weighted by Gasteiger charge is 2.37. The predicted molar refractivity (Wildman–Crippen MR) is 318 cm³/mol. The SMILES string of the molecule is COC(=O)c1cc(C=O)oc1C.COC(=O)c1cc(CN2CCCC2C(=O)O[C@@H](Cc2c(Cl)c[n+]([O-])cc2Cl)c2ccc(OC(F)F)c(OCC3CC3)c2)oc1C.O=C(O[C@@H](Cc1c(Cl)c[n+]([O-])cc1Cl)c1ccc(OC(F)F)c(OCC2CC2)c1)[C@@H]1CCCN1. The number of nitrogens with zero attached hydrogens (tertiary/aromatic N) is 3. The first kappa shape index (κ1) is 69.3. The maximum Gasteiger partial charge on any atom is 0.387 e. The van der Waals surface area contributed by atoms with E-state index in [2.05, 4.69) is 19.5 Å². The molecule has 29 heteroatoms. The van der Waals surface area contributed by atoms with Crippen LogP contribution in [-0.2, 0) is 47.9 Å². The molecule has 21 nitrogen and oxygen atoms in total. The minimum Gasteiger partial charge on any atom is -0.619 e. The number of aromatic nitrogens is 2. The summed E-state index contributed by atoms with van der Waals surface area (Å²) >= 11 is 25.2. The van der Waals surface area contributed by atoms with Gasteiger partial charge in [-0.25, -0.2) is 9.59 Å². The van der Waals surface area contributed by atoms with Crippen LogP contribution in [0.15, 0.2) is 82.2 Å². The Morgan fingerprint density at radius 1 is 0.648 bits per heavy atom. The highest BCUT2D eigenvalue weighted by atomic mass is 35.5. The summed E-state index contributed by atoms with van der Waals surface area (Å²) in [5.41, 5.74) is 2.29. The molecule has 490 valence electrons. The zero-order chi connectivity index (χ0) is 65.6. The zero-order valence-electron chi connectivity index (χ0n) is 49.5. The molecule has 2 aliphatic carbocycles. The van der Waals surface area contributed by atoms with Gasteiger partial charge in [0.05, 0.1) is 34.0 Å². The molecule has 4 aliphatic rings. The van der Waals surface area contributed by atoms with Crippen molar-refractivity contribution >= 4 is 76.6 Å². The van der Waals surface area contributed by atoms with Crippen molar-refractivity contribution in [3.63, 3.8) is 0 Å². The molecule has 10 rings (SSSR count). The first-order valence-corrected chi connectivity index (χ1v) is 30.3. The predicted octanol–water partition coefficient (Wildman–Crippen LogP) is 12.0. The van der Waals surface area contributed by atoms with Crippen LogP contribution in [0.4, 0.5) is 17.6 Å². The second kappa shape index (κ2) is 32.1. The third kappa shape index (κ3) is 19.5. The number of likely N-dealkylation sites (tertiary alicyclic amines) is 1. The third-order valence-electron chi connectivity index (χ3n) is 15.0. The molecular formula is C62H64Cl4F4N4O17. The number of pyridine rings is 2. The summed E-state index contributed by atoms with van der Waals surface area (Å²) < 4.78 is 106. The number of carbonyl (C=O) groups excluding carboxylic acids is 5. The summed E-state index contributed by atoms with van der Waals surface area (Å²) in [6.07, 6.45) is 10.0. The number of hydrogen-bond acceptors (Lipinski definition) is 19. The number of hydrogen-bond donors (Lipinski definition) is 1. The molecular weight excluding hydrogens is 1290 g/mol. The normalized spacial score (nSPS) is 16.8. The number of nitrogens with one attached hydrogen (secondary N) is 1. The van der Waals surface area contributed by atoms with Gasteiger partial charge >= 0.3 is 37.1 Å². The Balaban J connectivity index is 0.000000203. The van der Waals surface area contributed by atoms with E-state index in [0.717, 1.165) is 56.9 Å². The van der Waals surface area contributed by atoms with Crippen LogP contribution in [-0.4, -0.2) is 101 Å². The Morgan fingerprint density at radius 3 is 1.55 bits per heavy atom. The van der Waals surface area contributed by atoms with Gasteiger partial charge in [-0.15, -0.1) is 0 Å². The Kier molecular flexibility index (Phi) is 24.5. The number of aldehydes is 1. The third-order valence-corrected chi connectivity index (χ3v) is 16.3. The van der Waals surface area contributed by atoms with Crippen molar-refractivity contribution in [3.8, 4) is 23.0 Å². The number of ether oxygens (including phenoxy) is 8. The number of alkyl halides is 4. The summed E-state index contributed by atoms with van der Waals surface area (Å²) in [7, 11) is 2.56. The van der Waals surface area contributed by atoms with Crippen LogP contribution in [0, 0.1) is 36.1 Å². The summed E-state index contributed by atoms with van der Waals surface area (Å²) in [5, 5.41) is 27.0. The van der Waals surface area contributed by atoms with Gasteiger partial charge in [-0.3, -0.25) is 19.3 Å². The molecule has 91 heavy (non-hydrogen) atoms. The van der Waals surface area contributed by atoms with Gasteiger partial charge in [0.25, 0.3) is 0 Å². The molecule has 1 N–H and O–H groups in total. The van der Waals surface area contributed by atoms with Crippen LogP contribution in [0.2, 0.25) is 20.1 Å². The van der Waals surface area contributed by atoms with Gasteiger partial charge < -0.3 is 62.5 Å². The molecule has 0 spiro atoms. The van der Waals surface area contributed by atoms with E-state index in [1.165, 1.54) is 56.7 Å². The average molecular weight is 1360 g/mol. The topological polar surface area (TPSA) is 255 Å². The van der Waals surface area contributed by atoms with E-state index in [-0.39, 0.29) is 68.2 Å². The van der Waals surface area contributed by atoms with E-state index < -0.39 is 61.4 Å². The first-order valence-electron chi connectivity index (χ1n) is 28.8. The number of methoxy groups -OCH3 is 2. The summed E-state index contributed by atoms with van der Waals surface area (Å²) in [6.45, 7) is -0.585. The number of aryl methyl sites for hydroxylation is 2. The average Bonchev–Trinajstić information content (AvgIpc) is 1.66. The highest BCUT2D eigenvalue weighted by Crippen LogP contribution is 2.41. The molecule has 6 aromatic rings. The Labute approximate surface area is 539 Å². The smallest absolute Gasteiger partial charge is 0.387 e. The second-order valence-corrected chi connectivity index (χ2v) is 23.3. The Bertz CT molecular complexity index is 3500. The van der Waals surface area contributed by atoms with Crippen molar-refractivity contribution in [3.05, 3.63) is 160 Å². The van der Waals surface area contributed by atoms with Crippen molar-refractivity contribution in [2.75, 3.05) is 40.5 Å². The molecule has 4 aromatic heterocycles. The first-order chi connectivity index (χ1) is 43.5. The largest absolute Gasteiger partial charge is 0.619 e. The highest BCUT2D eigenvalue weighted by molar-refractivity contribution is 6.36. The van der Waals surface area contributed by atoms with Crippen molar-refractivity contribution in [1.82, 2.24) is 10.2 Å². The van der Waals surface area contributed by atoms with Gasteiger partial charge in [0.2, 0.25) is 0 Å². The number of esters is 4. The van der Waals surface area contributed by atoms with Gasteiger partial charge in [-0.05, 0) is 132 Å².